The Morgan fingerprint density at radius 3 is 2.19 bits per heavy atom. The highest BCUT2D eigenvalue weighted by molar-refractivity contribution is 7.92. The van der Waals surface area contributed by atoms with Gasteiger partial charge in [0.1, 0.15) is 11.5 Å². The van der Waals surface area contributed by atoms with Crippen LogP contribution in [0.2, 0.25) is 0 Å². The Morgan fingerprint density at radius 1 is 1.02 bits per heavy atom. The number of nitrogens with one attached hydrogen (secondary N) is 2. The second-order valence-corrected chi connectivity index (χ2v) is 13.5. The van der Waals surface area contributed by atoms with Gasteiger partial charge in [-0.2, -0.15) is 0 Å². The summed E-state index contributed by atoms with van der Waals surface area (Å²) >= 11 is 0. The summed E-state index contributed by atoms with van der Waals surface area (Å²) in [5, 5.41) is 14.3. The first-order chi connectivity index (χ1) is 19.6. The third kappa shape index (κ3) is 10.9. The molecule has 0 aromatic heterocycles. The number of sulfonamides is 1. The van der Waals surface area contributed by atoms with Gasteiger partial charge in [0, 0.05) is 37.9 Å². The van der Waals surface area contributed by atoms with Crippen LogP contribution in [-0.2, 0) is 16.6 Å². The highest BCUT2D eigenvalue weighted by Gasteiger charge is 2.33. The van der Waals surface area contributed by atoms with E-state index in [1.165, 1.54) is 12.0 Å². The van der Waals surface area contributed by atoms with E-state index in [-0.39, 0.29) is 24.5 Å². The molecular weight excluding hydrogens is 576 g/mol. The standard InChI is InChI=1S/C31H46N4O5S.ClH/c1-3-4-20-35(24-31(37)18-6-5-7-19-31)30(36)32-26-16-21-34(22-17-26)23-25-8-12-28(13-9-25)40-29-14-10-27(11-15-29)33-41(2,38)39;/h8-15,26,33,37H,3-7,16-24H2,1-2H3,(H,32,36);1H. The van der Waals surface area contributed by atoms with Crippen LogP contribution in [0.1, 0.15) is 70.3 Å². The Labute approximate surface area is 257 Å². The minimum atomic E-state index is -3.31. The monoisotopic (exact) mass is 622 g/mol. The fraction of sp³-hybridized carbons (Fsp3) is 0.581. The number of benzene rings is 2. The number of piperidine rings is 1. The Hall–Kier alpha value is -2.53. The summed E-state index contributed by atoms with van der Waals surface area (Å²) in [6.45, 7) is 5.91. The topological polar surface area (TPSA) is 111 Å². The van der Waals surface area contributed by atoms with Crippen molar-refractivity contribution in [1.82, 2.24) is 15.1 Å². The maximum atomic E-state index is 13.2. The van der Waals surface area contributed by atoms with E-state index < -0.39 is 15.6 Å². The van der Waals surface area contributed by atoms with Gasteiger partial charge < -0.3 is 20.1 Å². The predicted molar refractivity (Wildman–Crippen MR) is 170 cm³/mol. The molecule has 1 aliphatic carbocycles. The van der Waals surface area contributed by atoms with Crippen molar-refractivity contribution in [3.63, 3.8) is 0 Å². The zero-order chi connectivity index (χ0) is 29.3. The van der Waals surface area contributed by atoms with Gasteiger partial charge in [-0.05, 0) is 74.1 Å². The number of aliphatic hydroxyl groups is 1. The van der Waals surface area contributed by atoms with Crippen molar-refractivity contribution >= 4 is 34.1 Å². The van der Waals surface area contributed by atoms with Gasteiger partial charge in [-0.25, -0.2) is 13.2 Å². The molecule has 4 rings (SSSR count). The van der Waals surface area contributed by atoms with E-state index in [0.29, 0.717) is 30.3 Å². The van der Waals surface area contributed by atoms with Crippen LogP contribution in [0, 0.1) is 0 Å². The van der Waals surface area contributed by atoms with Gasteiger partial charge in [-0.1, -0.05) is 44.7 Å². The second kappa shape index (κ2) is 15.8. The summed E-state index contributed by atoms with van der Waals surface area (Å²) in [5.41, 5.74) is 0.944. The van der Waals surface area contributed by atoms with Gasteiger partial charge in [0.05, 0.1) is 18.4 Å². The minimum Gasteiger partial charge on any atom is -0.457 e. The molecule has 2 aromatic carbocycles. The first-order valence-corrected chi connectivity index (χ1v) is 16.8. The van der Waals surface area contributed by atoms with Crippen LogP contribution < -0.4 is 14.8 Å². The molecule has 0 radical (unpaired) electrons. The lowest BCUT2D eigenvalue weighted by Crippen LogP contribution is -2.53. The largest absolute Gasteiger partial charge is 0.457 e. The quantitative estimate of drug-likeness (QED) is 0.278. The number of ether oxygens (including phenoxy) is 1. The highest BCUT2D eigenvalue weighted by Crippen LogP contribution is 2.29. The van der Waals surface area contributed by atoms with E-state index >= 15 is 0 Å². The molecular formula is C31H47ClN4O5S. The molecule has 3 N–H and O–H groups in total. The number of unbranched alkanes of at least 4 members (excludes halogenated alkanes) is 1. The molecule has 0 spiro atoms. The number of carbonyl (C=O) groups excluding carboxylic acids is 1. The number of likely N-dealkylation sites (tertiary alicyclic amines) is 1. The Morgan fingerprint density at radius 2 is 1.62 bits per heavy atom. The fourth-order valence-electron chi connectivity index (χ4n) is 5.69. The molecule has 1 saturated heterocycles. The second-order valence-electron chi connectivity index (χ2n) is 11.7. The number of anilines is 1. The lowest BCUT2D eigenvalue weighted by Gasteiger charge is -2.38. The molecule has 2 aliphatic rings. The predicted octanol–water partition coefficient (Wildman–Crippen LogP) is 5.74. The van der Waals surface area contributed by atoms with Crippen molar-refractivity contribution in [2.45, 2.75) is 82.9 Å². The van der Waals surface area contributed by atoms with Gasteiger partial charge in [0.2, 0.25) is 10.0 Å². The Kier molecular flexibility index (Phi) is 12.8. The summed E-state index contributed by atoms with van der Waals surface area (Å²) in [5.74, 6) is 1.34. The molecule has 11 heteroatoms. The molecule has 234 valence electrons. The fourth-order valence-corrected chi connectivity index (χ4v) is 6.25. The SMILES string of the molecule is CCCCN(CC1(O)CCCCC1)C(=O)NC1CCN(Cc2ccc(Oc3ccc(NS(C)(=O)=O)cc3)cc2)CC1.Cl. The molecule has 2 amide bonds. The molecule has 2 fully saturated rings. The lowest BCUT2D eigenvalue weighted by atomic mass is 9.84. The molecule has 1 heterocycles. The average Bonchev–Trinajstić information content (AvgIpc) is 2.94. The van der Waals surface area contributed by atoms with E-state index in [4.69, 9.17) is 4.74 Å². The van der Waals surface area contributed by atoms with Gasteiger partial charge in [-0.3, -0.25) is 9.62 Å². The molecule has 9 nitrogen and oxygen atoms in total. The normalized spacial score (nSPS) is 17.6. The molecule has 1 aliphatic heterocycles. The van der Waals surface area contributed by atoms with Crippen LogP contribution >= 0.6 is 12.4 Å². The maximum Gasteiger partial charge on any atom is 0.317 e. The minimum absolute atomic E-state index is 0. The van der Waals surface area contributed by atoms with Gasteiger partial charge in [0.15, 0.2) is 0 Å². The number of halogens is 1. The van der Waals surface area contributed by atoms with E-state index in [1.807, 2.05) is 17.0 Å². The van der Waals surface area contributed by atoms with Gasteiger partial charge in [-0.15, -0.1) is 12.4 Å². The third-order valence-corrected chi connectivity index (χ3v) is 8.58. The Balaban J connectivity index is 0.00000484. The van der Waals surface area contributed by atoms with Crippen molar-refractivity contribution in [3.05, 3.63) is 54.1 Å². The Bertz CT molecular complexity index is 1210. The summed E-state index contributed by atoms with van der Waals surface area (Å²) in [4.78, 5) is 17.5. The summed E-state index contributed by atoms with van der Waals surface area (Å²) in [7, 11) is -3.31. The van der Waals surface area contributed by atoms with Crippen molar-refractivity contribution < 1.29 is 23.1 Å². The van der Waals surface area contributed by atoms with E-state index in [1.54, 1.807) is 24.3 Å². The van der Waals surface area contributed by atoms with Crippen molar-refractivity contribution in [2.75, 3.05) is 37.2 Å². The van der Waals surface area contributed by atoms with E-state index in [9.17, 15) is 18.3 Å². The summed E-state index contributed by atoms with van der Waals surface area (Å²) in [6, 6.07) is 14.9. The maximum absolute atomic E-state index is 13.2. The highest BCUT2D eigenvalue weighted by atomic mass is 35.5. The molecule has 0 atom stereocenters. The van der Waals surface area contributed by atoms with Crippen LogP contribution in [0.3, 0.4) is 0 Å². The number of nitrogens with zero attached hydrogens (tertiary/aromatic N) is 2. The van der Waals surface area contributed by atoms with Crippen LogP contribution in [0.4, 0.5) is 10.5 Å². The number of amides is 2. The van der Waals surface area contributed by atoms with Crippen molar-refractivity contribution in [1.29, 1.82) is 0 Å². The first kappa shape index (κ1) is 34.0. The number of hydrogen-bond acceptors (Lipinski definition) is 6. The zero-order valence-electron chi connectivity index (χ0n) is 24.9. The zero-order valence-corrected chi connectivity index (χ0v) is 26.5. The molecule has 42 heavy (non-hydrogen) atoms. The lowest BCUT2D eigenvalue weighted by molar-refractivity contribution is -0.0182. The molecule has 2 aromatic rings. The number of rotatable bonds is 12. The average molecular weight is 623 g/mol. The van der Waals surface area contributed by atoms with Crippen LogP contribution in [-0.4, -0.2) is 73.4 Å². The smallest absolute Gasteiger partial charge is 0.317 e. The van der Waals surface area contributed by atoms with Gasteiger partial charge in [0.25, 0.3) is 0 Å². The van der Waals surface area contributed by atoms with Crippen LogP contribution in [0.25, 0.3) is 0 Å². The molecule has 0 unspecified atom stereocenters. The van der Waals surface area contributed by atoms with Crippen molar-refractivity contribution in [2.24, 2.45) is 0 Å². The number of carbonyl (C=O) groups is 1. The van der Waals surface area contributed by atoms with E-state index in [2.05, 4.69) is 34.0 Å². The van der Waals surface area contributed by atoms with Crippen molar-refractivity contribution in [3.8, 4) is 11.5 Å². The van der Waals surface area contributed by atoms with E-state index in [0.717, 1.165) is 77.3 Å². The summed E-state index contributed by atoms with van der Waals surface area (Å²) < 4.78 is 31.1. The van der Waals surface area contributed by atoms with Gasteiger partial charge >= 0.3 is 6.03 Å². The summed E-state index contributed by atoms with van der Waals surface area (Å²) in [6.07, 6.45) is 9.71. The molecule has 1 saturated carbocycles. The third-order valence-electron chi connectivity index (χ3n) is 7.98. The first-order valence-electron chi connectivity index (χ1n) is 15.0. The van der Waals surface area contributed by atoms with Crippen LogP contribution in [0.5, 0.6) is 11.5 Å². The number of hydrogen-bond donors (Lipinski definition) is 3. The number of urea groups is 1. The molecule has 0 bridgehead atoms. The van der Waals surface area contributed by atoms with Crippen LogP contribution in [0.15, 0.2) is 48.5 Å².